The van der Waals surface area contributed by atoms with Crippen LogP contribution >= 0.6 is 0 Å². The molecule has 2 aromatic carbocycles. The smallest absolute Gasteiger partial charge is 0.255 e. The zero-order valence-corrected chi connectivity index (χ0v) is 14.1. The highest BCUT2D eigenvalue weighted by molar-refractivity contribution is 6.06. The number of nitrogens with one attached hydrogen (secondary N) is 2. The van der Waals surface area contributed by atoms with Gasteiger partial charge in [0.2, 0.25) is 5.91 Å². The Kier molecular flexibility index (Phi) is 4.74. The molecular weight excluding hydrogens is 318 g/mol. The Morgan fingerprint density at radius 1 is 1.04 bits per heavy atom. The third kappa shape index (κ3) is 3.82. The first-order chi connectivity index (χ1) is 12.1. The summed E-state index contributed by atoms with van der Waals surface area (Å²) >= 11 is 0. The second kappa shape index (κ2) is 7.12. The fourth-order valence-corrected chi connectivity index (χ4v) is 2.53. The van der Waals surface area contributed by atoms with Crippen molar-refractivity contribution >= 4 is 34.2 Å². The van der Waals surface area contributed by atoms with Crippen LogP contribution in [0.5, 0.6) is 0 Å². The molecule has 0 saturated carbocycles. The molecule has 0 spiro atoms. The molecule has 1 heterocycles. The summed E-state index contributed by atoms with van der Waals surface area (Å²) < 4.78 is 1.83. The van der Waals surface area contributed by atoms with E-state index < -0.39 is 0 Å². The van der Waals surface area contributed by atoms with Crippen LogP contribution in [0.3, 0.4) is 0 Å². The van der Waals surface area contributed by atoms with E-state index in [-0.39, 0.29) is 11.8 Å². The Labute approximate surface area is 145 Å². The molecule has 0 aliphatic carbocycles. The molecule has 0 atom stereocenters. The number of carbonyl (C=O) groups is 2. The topological polar surface area (TPSA) is 88.9 Å². The van der Waals surface area contributed by atoms with Gasteiger partial charge < -0.3 is 10.6 Å². The largest absolute Gasteiger partial charge is 0.326 e. The molecule has 1 aromatic heterocycles. The summed E-state index contributed by atoms with van der Waals surface area (Å²) in [6.07, 6.45) is 0.967. The zero-order valence-electron chi connectivity index (χ0n) is 14.1. The number of nitrogens with zero attached hydrogens (tertiary/aromatic N) is 3. The predicted octanol–water partition coefficient (Wildman–Crippen LogP) is 3.05. The number of aryl methyl sites for hydroxylation is 1. The van der Waals surface area contributed by atoms with E-state index in [1.807, 2.05) is 10.7 Å². The van der Waals surface area contributed by atoms with Crippen molar-refractivity contribution in [2.45, 2.75) is 26.8 Å². The summed E-state index contributed by atoms with van der Waals surface area (Å²) in [4.78, 5) is 23.4. The van der Waals surface area contributed by atoms with Gasteiger partial charge in [0.25, 0.3) is 5.91 Å². The van der Waals surface area contributed by atoms with Crippen molar-refractivity contribution in [2.75, 3.05) is 10.6 Å². The Morgan fingerprint density at radius 3 is 2.36 bits per heavy atom. The molecule has 3 rings (SSSR count). The number of amides is 2. The third-order valence-electron chi connectivity index (χ3n) is 3.67. The van der Waals surface area contributed by atoms with Crippen LogP contribution < -0.4 is 10.6 Å². The lowest BCUT2D eigenvalue weighted by molar-refractivity contribution is -0.114. The molecule has 7 heteroatoms. The lowest BCUT2D eigenvalue weighted by Crippen LogP contribution is -2.12. The van der Waals surface area contributed by atoms with Crippen molar-refractivity contribution in [1.29, 1.82) is 0 Å². The van der Waals surface area contributed by atoms with Gasteiger partial charge in [-0.2, -0.15) is 0 Å². The van der Waals surface area contributed by atoms with Gasteiger partial charge in [-0.3, -0.25) is 9.59 Å². The summed E-state index contributed by atoms with van der Waals surface area (Å²) in [6.45, 7) is 4.32. The Bertz CT molecular complexity index is 915. The average Bonchev–Trinajstić information content (AvgIpc) is 2.99. The summed E-state index contributed by atoms with van der Waals surface area (Å²) in [5.74, 6) is -0.361. The van der Waals surface area contributed by atoms with Gasteiger partial charge in [0.05, 0.1) is 5.52 Å². The van der Waals surface area contributed by atoms with Crippen molar-refractivity contribution in [3.05, 3.63) is 48.0 Å². The van der Waals surface area contributed by atoms with E-state index in [9.17, 15) is 9.59 Å². The summed E-state index contributed by atoms with van der Waals surface area (Å²) in [5.41, 5.74) is 3.45. The number of fused-ring (bicyclic) bond motifs is 1. The van der Waals surface area contributed by atoms with Crippen LogP contribution in [0.15, 0.2) is 42.5 Å². The third-order valence-corrected chi connectivity index (χ3v) is 3.67. The molecule has 0 unspecified atom stereocenters. The Balaban J connectivity index is 1.74. The van der Waals surface area contributed by atoms with Crippen LogP contribution in [0.2, 0.25) is 0 Å². The maximum absolute atomic E-state index is 12.4. The monoisotopic (exact) mass is 337 g/mol. The van der Waals surface area contributed by atoms with Crippen molar-refractivity contribution in [3.8, 4) is 0 Å². The molecule has 0 fully saturated rings. The number of rotatable bonds is 5. The Hall–Kier alpha value is -3.22. The number of hydrogen-bond acceptors (Lipinski definition) is 4. The number of aromatic nitrogens is 3. The molecule has 2 N–H and O–H groups in total. The van der Waals surface area contributed by atoms with Crippen LogP contribution in [0.25, 0.3) is 11.0 Å². The van der Waals surface area contributed by atoms with Gasteiger partial charge >= 0.3 is 0 Å². The van der Waals surface area contributed by atoms with E-state index in [1.165, 1.54) is 6.92 Å². The van der Waals surface area contributed by atoms with Gasteiger partial charge in [0, 0.05) is 30.4 Å². The first kappa shape index (κ1) is 16.6. The van der Waals surface area contributed by atoms with Gasteiger partial charge in [0.1, 0.15) is 5.52 Å². The first-order valence-corrected chi connectivity index (χ1v) is 8.09. The number of benzene rings is 2. The highest BCUT2D eigenvalue weighted by Gasteiger charge is 2.10. The summed E-state index contributed by atoms with van der Waals surface area (Å²) in [5, 5.41) is 13.7. The molecule has 25 heavy (non-hydrogen) atoms. The second-order valence-corrected chi connectivity index (χ2v) is 5.73. The number of carbonyl (C=O) groups excluding carboxylic acids is 2. The lowest BCUT2D eigenvalue weighted by atomic mass is 10.1. The quantitative estimate of drug-likeness (QED) is 0.749. The second-order valence-electron chi connectivity index (χ2n) is 5.73. The van der Waals surface area contributed by atoms with Crippen LogP contribution in [0, 0.1) is 0 Å². The molecule has 3 aromatic rings. The zero-order chi connectivity index (χ0) is 17.8. The molecule has 0 aliphatic heterocycles. The van der Waals surface area contributed by atoms with Crippen molar-refractivity contribution in [3.63, 3.8) is 0 Å². The van der Waals surface area contributed by atoms with Gasteiger partial charge in [-0.1, -0.05) is 12.1 Å². The fraction of sp³-hybridized carbons (Fsp3) is 0.222. The minimum absolute atomic E-state index is 0.138. The molecule has 0 bridgehead atoms. The molecule has 128 valence electrons. The summed E-state index contributed by atoms with van der Waals surface area (Å²) in [7, 11) is 0. The van der Waals surface area contributed by atoms with Crippen molar-refractivity contribution in [1.82, 2.24) is 15.0 Å². The van der Waals surface area contributed by atoms with Crippen molar-refractivity contribution in [2.24, 2.45) is 0 Å². The molecule has 0 aliphatic rings. The average molecular weight is 337 g/mol. The van der Waals surface area contributed by atoms with Crippen molar-refractivity contribution < 1.29 is 9.59 Å². The van der Waals surface area contributed by atoms with Crippen LogP contribution in [-0.2, 0) is 11.3 Å². The van der Waals surface area contributed by atoms with Crippen LogP contribution in [-0.4, -0.2) is 26.8 Å². The van der Waals surface area contributed by atoms with Crippen LogP contribution in [0.4, 0.5) is 11.4 Å². The summed E-state index contributed by atoms with van der Waals surface area (Å²) in [6, 6.07) is 12.3. The van der Waals surface area contributed by atoms with Crippen LogP contribution in [0.1, 0.15) is 30.6 Å². The lowest BCUT2D eigenvalue weighted by Gasteiger charge is -2.07. The van der Waals surface area contributed by atoms with E-state index >= 15 is 0 Å². The van der Waals surface area contributed by atoms with Gasteiger partial charge in [-0.05, 0) is 48.9 Å². The fourth-order valence-electron chi connectivity index (χ4n) is 2.53. The number of hydrogen-bond donors (Lipinski definition) is 2. The van der Waals surface area contributed by atoms with Gasteiger partial charge in [-0.25, -0.2) is 4.68 Å². The van der Waals surface area contributed by atoms with E-state index in [1.54, 1.807) is 36.4 Å². The highest BCUT2D eigenvalue weighted by Crippen LogP contribution is 2.17. The molecule has 0 radical (unpaired) electrons. The SMILES string of the molecule is CCCn1nnc2cc(C(=O)Nc3ccc(NC(C)=O)cc3)ccc21. The molecule has 7 nitrogen and oxygen atoms in total. The maximum Gasteiger partial charge on any atom is 0.255 e. The normalized spacial score (nSPS) is 10.6. The standard InChI is InChI=1S/C18H19N5O2/c1-3-10-23-17-9-4-13(11-16(17)21-22-23)18(25)20-15-7-5-14(6-8-15)19-12(2)24/h4-9,11H,3,10H2,1-2H3,(H,19,24)(H,20,25). The van der Waals surface area contributed by atoms with E-state index in [0.717, 1.165) is 18.5 Å². The first-order valence-electron chi connectivity index (χ1n) is 8.09. The number of anilines is 2. The minimum atomic E-state index is -0.223. The molecule has 0 saturated heterocycles. The predicted molar refractivity (Wildman–Crippen MR) is 96.5 cm³/mol. The van der Waals surface area contributed by atoms with Gasteiger partial charge in [-0.15, -0.1) is 5.10 Å². The van der Waals surface area contributed by atoms with E-state index in [0.29, 0.717) is 22.5 Å². The molecular formula is C18H19N5O2. The molecule has 2 amide bonds. The Morgan fingerprint density at radius 2 is 1.72 bits per heavy atom. The van der Waals surface area contributed by atoms with Gasteiger partial charge in [0.15, 0.2) is 0 Å². The minimum Gasteiger partial charge on any atom is -0.326 e. The maximum atomic E-state index is 12.4. The van der Waals surface area contributed by atoms with E-state index in [4.69, 9.17) is 0 Å². The highest BCUT2D eigenvalue weighted by atomic mass is 16.2. The van der Waals surface area contributed by atoms with E-state index in [2.05, 4.69) is 27.9 Å².